The predicted octanol–water partition coefficient (Wildman–Crippen LogP) is 3.82. The van der Waals surface area contributed by atoms with Crippen LogP contribution in [0.4, 0.5) is 4.79 Å². The molecule has 0 unspecified atom stereocenters. The molecule has 3 amide bonds. The number of ether oxygens (including phenoxy) is 1. The monoisotopic (exact) mass is 544 g/mol. The summed E-state index contributed by atoms with van der Waals surface area (Å²) in [5, 5.41) is 6.13. The molecule has 11 heteroatoms. The molecule has 1 aromatic carbocycles. The number of hydrogen-bond donors (Lipinski definition) is 3. The van der Waals surface area contributed by atoms with Gasteiger partial charge in [0.2, 0.25) is 5.91 Å². The maximum absolute atomic E-state index is 13.2. The molecule has 2 aliphatic rings. The van der Waals surface area contributed by atoms with E-state index in [9.17, 15) is 13.8 Å². The van der Waals surface area contributed by atoms with Crippen molar-refractivity contribution in [1.29, 1.82) is 0 Å². The lowest BCUT2D eigenvalue weighted by atomic mass is 9.85. The van der Waals surface area contributed by atoms with E-state index in [1.807, 2.05) is 25.7 Å². The minimum absolute atomic E-state index is 0.0308. The number of benzene rings is 1. The normalized spacial score (nSPS) is 19.5. The van der Waals surface area contributed by atoms with Gasteiger partial charge in [-0.3, -0.25) is 4.79 Å². The molecule has 2 aliphatic heterocycles. The van der Waals surface area contributed by atoms with Gasteiger partial charge in [-0.15, -0.1) is 0 Å². The highest BCUT2D eigenvalue weighted by atomic mass is 35.5. The number of nitrogens with zero attached hydrogens (tertiary/aromatic N) is 1. The number of piperidine rings is 1. The van der Waals surface area contributed by atoms with Crippen LogP contribution in [0.1, 0.15) is 45.2 Å². The van der Waals surface area contributed by atoms with Crippen LogP contribution >= 0.6 is 23.2 Å². The molecule has 3 N–H and O–H groups in total. The molecular weight excluding hydrogens is 511 g/mol. The topological polar surface area (TPSA) is 99.8 Å². The van der Waals surface area contributed by atoms with Crippen LogP contribution in [-0.2, 0) is 15.8 Å². The van der Waals surface area contributed by atoms with Gasteiger partial charge in [-0.05, 0) is 45.6 Å². The molecule has 2 fully saturated rings. The van der Waals surface area contributed by atoms with Crippen LogP contribution in [0.5, 0.6) is 5.75 Å². The van der Waals surface area contributed by atoms with E-state index >= 15 is 0 Å². The van der Waals surface area contributed by atoms with Crippen LogP contribution in [0.15, 0.2) is 24.8 Å². The van der Waals surface area contributed by atoms with E-state index in [1.165, 1.54) is 0 Å². The molecule has 2 saturated heterocycles. The summed E-state index contributed by atoms with van der Waals surface area (Å²) >= 11 is 12.7. The SMILES string of the molecule is C=CCOc1cc(Cl)c(Cl)cc1[C@H](N[S@@](=O)C(C)(C)C)C1CCN(C(=O)C2CNC(=O)NC2)CC1. The maximum atomic E-state index is 13.2. The summed E-state index contributed by atoms with van der Waals surface area (Å²) in [5.41, 5.74) is 0.780. The summed E-state index contributed by atoms with van der Waals surface area (Å²) in [7, 11) is -1.35. The Labute approximate surface area is 219 Å². The van der Waals surface area contributed by atoms with Crippen LogP contribution in [0.3, 0.4) is 0 Å². The summed E-state index contributed by atoms with van der Waals surface area (Å²) < 4.78 is 21.9. The fourth-order valence-electron chi connectivity index (χ4n) is 4.22. The third-order valence-electron chi connectivity index (χ3n) is 6.22. The van der Waals surface area contributed by atoms with Gasteiger partial charge in [0.15, 0.2) is 0 Å². The highest BCUT2D eigenvalue weighted by Gasteiger charge is 2.36. The second kappa shape index (κ2) is 12.0. The largest absolute Gasteiger partial charge is 0.489 e. The highest BCUT2D eigenvalue weighted by molar-refractivity contribution is 7.84. The molecule has 8 nitrogen and oxygen atoms in total. The number of nitrogens with one attached hydrogen (secondary N) is 3. The lowest BCUT2D eigenvalue weighted by Gasteiger charge is -2.39. The third kappa shape index (κ3) is 7.12. The van der Waals surface area contributed by atoms with Crippen LogP contribution in [0, 0.1) is 11.8 Å². The van der Waals surface area contributed by atoms with Crippen LogP contribution in [-0.4, -0.2) is 58.6 Å². The number of carbonyl (C=O) groups is 2. The number of hydrogen-bond acceptors (Lipinski definition) is 4. The van der Waals surface area contributed by atoms with Gasteiger partial charge in [0.1, 0.15) is 12.4 Å². The molecule has 0 radical (unpaired) electrons. The molecule has 2 heterocycles. The van der Waals surface area contributed by atoms with Crippen LogP contribution in [0.25, 0.3) is 0 Å². The summed E-state index contributed by atoms with van der Waals surface area (Å²) in [6.07, 6.45) is 3.06. The second-order valence-corrected chi connectivity index (χ2v) is 12.6. The number of amides is 3. The van der Waals surface area contributed by atoms with Crippen molar-refractivity contribution in [3.63, 3.8) is 0 Å². The number of likely N-dealkylation sites (tertiary alicyclic amines) is 1. The molecule has 35 heavy (non-hydrogen) atoms. The third-order valence-corrected chi connectivity index (χ3v) is 8.53. The number of rotatable bonds is 8. The van der Waals surface area contributed by atoms with E-state index in [2.05, 4.69) is 21.9 Å². The molecular formula is C24H34Cl2N4O4S. The van der Waals surface area contributed by atoms with E-state index in [1.54, 1.807) is 18.2 Å². The molecule has 3 rings (SSSR count). The predicted molar refractivity (Wildman–Crippen MR) is 140 cm³/mol. The number of urea groups is 1. The summed E-state index contributed by atoms with van der Waals surface area (Å²) in [6, 6.07) is 2.89. The Morgan fingerprint density at radius 1 is 1.26 bits per heavy atom. The summed E-state index contributed by atoms with van der Waals surface area (Å²) in [5.74, 6) is 0.395. The van der Waals surface area contributed by atoms with E-state index in [0.717, 1.165) is 5.56 Å². The summed E-state index contributed by atoms with van der Waals surface area (Å²) in [4.78, 5) is 26.2. The van der Waals surface area contributed by atoms with E-state index in [-0.39, 0.29) is 29.8 Å². The van der Waals surface area contributed by atoms with Gasteiger partial charge in [0.25, 0.3) is 0 Å². The lowest BCUT2D eigenvalue weighted by molar-refractivity contribution is -0.136. The minimum Gasteiger partial charge on any atom is -0.489 e. The van der Waals surface area contributed by atoms with Crippen molar-refractivity contribution in [3.8, 4) is 5.75 Å². The lowest BCUT2D eigenvalue weighted by Crippen LogP contribution is -2.55. The molecule has 0 spiro atoms. The van der Waals surface area contributed by atoms with E-state index in [4.69, 9.17) is 27.9 Å². The van der Waals surface area contributed by atoms with Gasteiger partial charge in [0, 0.05) is 37.8 Å². The first kappa shape index (κ1) is 27.8. The molecule has 194 valence electrons. The Morgan fingerprint density at radius 2 is 1.86 bits per heavy atom. The van der Waals surface area contributed by atoms with E-state index < -0.39 is 15.7 Å². The van der Waals surface area contributed by atoms with Crippen molar-refractivity contribution < 1.29 is 18.5 Å². The molecule has 0 bridgehead atoms. The Balaban J connectivity index is 1.82. The van der Waals surface area contributed by atoms with Crippen molar-refractivity contribution in [2.75, 3.05) is 32.8 Å². The quantitative estimate of drug-likeness (QED) is 0.433. The smallest absolute Gasteiger partial charge is 0.314 e. The summed E-state index contributed by atoms with van der Waals surface area (Å²) in [6.45, 7) is 11.6. The maximum Gasteiger partial charge on any atom is 0.314 e. The molecule has 0 aromatic heterocycles. The fraction of sp³-hybridized carbons (Fsp3) is 0.583. The molecule has 2 atom stereocenters. The van der Waals surface area contributed by atoms with Crippen molar-refractivity contribution >= 4 is 46.1 Å². The van der Waals surface area contributed by atoms with Gasteiger partial charge in [-0.25, -0.2) is 13.7 Å². The first-order valence-electron chi connectivity index (χ1n) is 11.7. The Morgan fingerprint density at radius 3 is 2.43 bits per heavy atom. The van der Waals surface area contributed by atoms with Gasteiger partial charge in [-0.1, -0.05) is 35.9 Å². The Hall–Kier alpha value is -1.81. The zero-order valence-electron chi connectivity index (χ0n) is 20.4. The van der Waals surface area contributed by atoms with Crippen LogP contribution in [0.2, 0.25) is 10.0 Å². The minimum atomic E-state index is -1.35. The van der Waals surface area contributed by atoms with Gasteiger partial charge < -0.3 is 20.3 Å². The van der Waals surface area contributed by atoms with Gasteiger partial charge in [0.05, 0.1) is 37.7 Å². The standard InChI is InChI=1S/C24H34Cl2N4O4S/c1-5-10-34-20-12-19(26)18(25)11-17(20)21(29-35(33)24(2,3)4)15-6-8-30(9-7-15)22(31)16-13-27-23(32)28-14-16/h5,11-12,15-16,21,29H,1,6-10,13-14H2,2-4H3,(H2,27,28,32)/t21-,35+/m1/s1. The fourth-order valence-corrected chi connectivity index (χ4v) is 5.45. The molecule has 1 aromatic rings. The number of carbonyl (C=O) groups excluding carboxylic acids is 2. The highest BCUT2D eigenvalue weighted by Crippen LogP contribution is 2.40. The van der Waals surface area contributed by atoms with E-state index in [0.29, 0.717) is 61.4 Å². The zero-order chi connectivity index (χ0) is 25.8. The Kier molecular flexibility index (Phi) is 9.48. The molecule has 0 aliphatic carbocycles. The average Bonchev–Trinajstić information content (AvgIpc) is 2.82. The average molecular weight is 546 g/mol. The van der Waals surface area contributed by atoms with Crippen molar-refractivity contribution in [3.05, 3.63) is 40.4 Å². The van der Waals surface area contributed by atoms with Crippen molar-refractivity contribution in [2.45, 2.75) is 44.4 Å². The Bertz CT molecular complexity index is 967. The first-order valence-corrected chi connectivity index (χ1v) is 13.6. The van der Waals surface area contributed by atoms with Crippen LogP contribution < -0.4 is 20.1 Å². The van der Waals surface area contributed by atoms with Crippen molar-refractivity contribution in [1.82, 2.24) is 20.3 Å². The second-order valence-electron chi connectivity index (χ2n) is 9.83. The van der Waals surface area contributed by atoms with Gasteiger partial charge >= 0.3 is 6.03 Å². The molecule has 0 saturated carbocycles. The number of halogens is 2. The first-order chi connectivity index (χ1) is 16.5. The van der Waals surface area contributed by atoms with Gasteiger partial charge in [-0.2, -0.15) is 0 Å². The zero-order valence-corrected chi connectivity index (χ0v) is 22.7. The van der Waals surface area contributed by atoms with Crippen molar-refractivity contribution in [2.24, 2.45) is 11.8 Å².